The standard InChI is InChI=1S/C12H16N2/c1-8(13-3)12-9(2)14-11-7-5-4-6-10(11)12/h4-8,13-14H,1-3H3. The molecule has 0 radical (unpaired) electrons. The van der Waals surface area contributed by atoms with Crippen LogP contribution in [0.15, 0.2) is 24.3 Å². The first-order chi connectivity index (χ1) is 6.74. The minimum Gasteiger partial charge on any atom is -0.358 e. The highest BCUT2D eigenvalue weighted by Crippen LogP contribution is 2.26. The summed E-state index contributed by atoms with van der Waals surface area (Å²) in [6, 6.07) is 8.83. The van der Waals surface area contributed by atoms with Gasteiger partial charge >= 0.3 is 0 Å². The zero-order valence-electron chi connectivity index (χ0n) is 8.89. The topological polar surface area (TPSA) is 27.8 Å². The molecule has 0 saturated carbocycles. The van der Waals surface area contributed by atoms with Crippen molar-refractivity contribution in [1.29, 1.82) is 0 Å². The van der Waals surface area contributed by atoms with Crippen LogP contribution in [0.3, 0.4) is 0 Å². The molecule has 0 aliphatic carbocycles. The number of nitrogens with one attached hydrogen (secondary N) is 2. The van der Waals surface area contributed by atoms with E-state index in [9.17, 15) is 0 Å². The van der Waals surface area contributed by atoms with Gasteiger partial charge in [0, 0.05) is 22.6 Å². The maximum atomic E-state index is 3.40. The summed E-state index contributed by atoms with van der Waals surface area (Å²) in [6.45, 7) is 4.31. The molecule has 2 N–H and O–H groups in total. The molecule has 14 heavy (non-hydrogen) atoms. The number of hydrogen-bond acceptors (Lipinski definition) is 1. The Morgan fingerprint density at radius 3 is 2.71 bits per heavy atom. The van der Waals surface area contributed by atoms with E-state index in [2.05, 4.69) is 48.4 Å². The first kappa shape index (κ1) is 9.28. The monoisotopic (exact) mass is 188 g/mol. The summed E-state index contributed by atoms with van der Waals surface area (Å²) in [4.78, 5) is 3.40. The number of fused-ring (bicyclic) bond motifs is 1. The molecule has 2 aromatic rings. The number of benzene rings is 1. The highest BCUT2D eigenvalue weighted by Gasteiger charge is 2.12. The summed E-state index contributed by atoms with van der Waals surface area (Å²) in [7, 11) is 1.99. The van der Waals surface area contributed by atoms with E-state index in [4.69, 9.17) is 0 Å². The number of aromatic amines is 1. The third-order valence-electron chi connectivity index (χ3n) is 2.81. The Kier molecular flexibility index (Phi) is 2.30. The quantitative estimate of drug-likeness (QED) is 0.745. The van der Waals surface area contributed by atoms with Gasteiger partial charge in [-0.15, -0.1) is 0 Å². The molecule has 1 unspecified atom stereocenters. The third-order valence-corrected chi connectivity index (χ3v) is 2.81. The van der Waals surface area contributed by atoms with E-state index in [1.54, 1.807) is 0 Å². The maximum Gasteiger partial charge on any atom is 0.0459 e. The van der Waals surface area contributed by atoms with Crippen molar-refractivity contribution in [2.24, 2.45) is 0 Å². The van der Waals surface area contributed by atoms with Crippen molar-refractivity contribution >= 4 is 10.9 Å². The van der Waals surface area contributed by atoms with Gasteiger partial charge in [-0.05, 0) is 32.5 Å². The second-order valence-corrected chi connectivity index (χ2v) is 3.72. The highest BCUT2D eigenvalue weighted by molar-refractivity contribution is 5.85. The van der Waals surface area contributed by atoms with Crippen LogP contribution in [0.25, 0.3) is 10.9 Å². The smallest absolute Gasteiger partial charge is 0.0459 e. The van der Waals surface area contributed by atoms with Crippen molar-refractivity contribution in [3.05, 3.63) is 35.5 Å². The van der Waals surface area contributed by atoms with Crippen molar-refractivity contribution in [3.63, 3.8) is 0 Å². The van der Waals surface area contributed by atoms with Gasteiger partial charge in [0.2, 0.25) is 0 Å². The van der Waals surface area contributed by atoms with Crippen molar-refractivity contribution in [3.8, 4) is 0 Å². The summed E-state index contributed by atoms with van der Waals surface area (Å²) < 4.78 is 0. The van der Waals surface area contributed by atoms with E-state index < -0.39 is 0 Å². The van der Waals surface area contributed by atoms with E-state index in [-0.39, 0.29) is 0 Å². The lowest BCUT2D eigenvalue weighted by molar-refractivity contribution is 0.653. The molecule has 1 aromatic carbocycles. The number of rotatable bonds is 2. The van der Waals surface area contributed by atoms with Crippen LogP contribution < -0.4 is 5.32 Å². The lowest BCUT2D eigenvalue weighted by Gasteiger charge is -2.10. The van der Waals surface area contributed by atoms with Crippen molar-refractivity contribution in [2.45, 2.75) is 19.9 Å². The summed E-state index contributed by atoms with van der Waals surface area (Å²) in [5, 5.41) is 4.61. The molecule has 2 heteroatoms. The highest BCUT2D eigenvalue weighted by atomic mass is 14.9. The molecular formula is C12H16N2. The van der Waals surface area contributed by atoms with Gasteiger partial charge in [0.05, 0.1) is 0 Å². The van der Waals surface area contributed by atoms with Crippen molar-refractivity contribution < 1.29 is 0 Å². The minimum absolute atomic E-state index is 0.395. The molecule has 2 nitrogen and oxygen atoms in total. The maximum absolute atomic E-state index is 3.40. The first-order valence-electron chi connectivity index (χ1n) is 4.98. The molecule has 0 aliphatic heterocycles. The van der Waals surface area contributed by atoms with Crippen LogP contribution in [0.4, 0.5) is 0 Å². The Morgan fingerprint density at radius 1 is 1.29 bits per heavy atom. The van der Waals surface area contributed by atoms with Gasteiger partial charge in [0.25, 0.3) is 0 Å². The Bertz CT molecular complexity index is 443. The SMILES string of the molecule is CNC(C)c1c(C)[nH]c2ccccc12. The number of H-pyrrole nitrogens is 1. The fraction of sp³-hybridized carbons (Fsp3) is 0.333. The molecule has 0 bridgehead atoms. The summed E-state index contributed by atoms with van der Waals surface area (Å²) >= 11 is 0. The van der Waals surface area contributed by atoms with Crippen LogP contribution >= 0.6 is 0 Å². The molecule has 2 rings (SSSR count). The molecule has 1 heterocycles. The van der Waals surface area contributed by atoms with Gasteiger partial charge in [-0.1, -0.05) is 18.2 Å². The van der Waals surface area contributed by atoms with Crippen LogP contribution in [-0.2, 0) is 0 Å². The van der Waals surface area contributed by atoms with E-state index in [1.807, 2.05) is 7.05 Å². The second kappa shape index (κ2) is 3.46. The minimum atomic E-state index is 0.395. The van der Waals surface area contributed by atoms with E-state index in [0.717, 1.165) is 0 Å². The third kappa shape index (κ3) is 1.32. The Balaban J connectivity index is 2.67. The fourth-order valence-electron chi connectivity index (χ4n) is 2.00. The molecule has 0 saturated heterocycles. The Hall–Kier alpha value is -1.28. The fourth-order valence-corrected chi connectivity index (χ4v) is 2.00. The molecule has 0 aliphatic rings. The number of hydrogen-bond donors (Lipinski definition) is 2. The van der Waals surface area contributed by atoms with Crippen molar-refractivity contribution in [2.75, 3.05) is 7.05 Å². The zero-order valence-corrected chi connectivity index (χ0v) is 8.89. The van der Waals surface area contributed by atoms with Crippen LogP contribution in [0.1, 0.15) is 24.2 Å². The molecule has 74 valence electrons. The Morgan fingerprint density at radius 2 is 2.00 bits per heavy atom. The lowest BCUT2D eigenvalue weighted by Crippen LogP contribution is -2.12. The van der Waals surface area contributed by atoms with Crippen LogP contribution in [0.5, 0.6) is 0 Å². The Labute approximate surface area is 84.3 Å². The van der Waals surface area contributed by atoms with Crippen LogP contribution in [-0.4, -0.2) is 12.0 Å². The molecule has 0 amide bonds. The predicted octanol–water partition coefficient (Wildman–Crippen LogP) is 2.76. The predicted molar refractivity (Wildman–Crippen MR) is 60.5 cm³/mol. The average molecular weight is 188 g/mol. The van der Waals surface area contributed by atoms with Gasteiger partial charge in [-0.25, -0.2) is 0 Å². The zero-order chi connectivity index (χ0) is 10.1. The van der Waals surface area contributed by atoms with Gasteiger partial charge in [0.15, 0.2) is 0 Å². The normalized spacial score (nSPS) is 13.4. The summed E-state index contributed by atoms with van der Waals surface area (Å²) in [6.07, 6.45) is 0. The summed E-state index contributed by atoms with van der Waals surface area (Å²) in [5.74, 6) is 0. The van der Waals surface area contributed by atoms with Gasteiger partial charge in [-0.3, -0.25) is 0 Å². The largest absolute Gasteiger partial charge is 0.358 e. The van der Waals surface area contributed by atoms with Gasteiger partial charge < -0.3 is 10.3 Å². The molecular weight excluding hydrogens is 172 g/mol. The summed E-state index contributed by atoms with van der Waals surface area (Å²) in [5.41, 5.74) is 3.86. The van der Waals surface area contributed by atoms with Crippen LogP contribution in [0, 0.1) is 6.92 Å². The van der Waals surface area contributed by atoms with Crippen molar-refractivity contribution in [1.82, 2.24) is 10.3 Å². The lowest BCUT2D eigenvalue weighted by atomic mass is 10.0. The molecule has 0 spiro atoms. The van der Waals surface area contributed by atoms with E-state index in [0.29, 0.717) is 6.04 Å². The number of aromatic nitrogens is 1. The van der Waals surface area contributed by atoms with Gasteiger partial charge in [-0.2, -0.15) is 0 Å². The van der Waals surface area contributed by atoms with E-state index >= 15 is 0 Å². The van der Waals surface area contributed by atoms with E-state index in [1.165, 1.54) is 22.2 Å². The molecule has 1 aromatic heterocycles. The average Bonchev–Trinajstić information content (AvgIpc) is 2.53. The molecule has 1 atom stereocenters. The van der Waals surface area contributed by atoms with Crippen LogP contribution in [0.2, 0.25) is 0 Å². The van der Waals surface area contributed by atoms with Gasteiger partial charge in [0.1, 0.15) is 0 Å². The first-order valence-corrected chi connectivity index (χ1v) is 4.98. The number of para-hydroxylation sites is 1. The second-order valence-electron chi connectivity index (χ2n) is 3.72. The molecule has 0 fully saturated rings. The number of aryl methyl sites for hydroxylation is 1.